The first-order valence-electron chi connectivity index (χ1n) is 6.06. The molecule has 1 aliphatic rings. The van der Waals surface area contributed by atoms with Crippen LogP contribution in [0, 0.1) is 5.82 Å². The van der Waals surface area contributed by atoms with Crippen molar-refractivity contribution in [3.63, 3.8) is 0 Å². The zero-order valence-corrected chi connectivity index (χ0v) is 10.3. The summed E-state index contributed by atoms with van der Waals surface area (Å²) in [4.78, 5) is 4.09. The molecule has 3 nitrogen and oxygen atoms in total. The van der Waals surface area contributed by atoms with Gasteiger partial charge in [-0.2, -0.15) is 13.2 Å². The molecule has 0 radical (unpaired) electrons. The van der Waals surface area contributed by atoms with Crippen molar-refractivity contribution in [1.82, 2.24) is 14.9 Å². The number of alkyl halides is 3. The highest BCUT2D eigenvalue weighted by Gasteiger charge is 2.34. The van der Waals surface area contributed by atoms with Gasteiger partial charge in [0.1, 0.15) is 5.82 Å². The lowest BCUT2D eigenvalue weighted by Gasteiger charge is -2.27. The van der Waals surface area contributed by atoms with Crippen LogP contribution in [-0.4, -0.2) is 22.6 Å². The van der Waals surface area contributed by atoms with E-state index in [0.717, 1.165) is 25.2 Å². The molecule has 0 unspecified atom stereocenters. The average Bonchev–Trinajstić information content (AvgIpc) is 2.75. The largest absolute Gasteiger partial charge is 0.419 e. The van der Waals surface area contributed by atoms with Crippen LogP contribution in [0.25, 0.3) is 11.3 Å². The quantitative estimate of drug-likeness (QED) is 0.860. The Morgan fingerprint density at radius 1 is 1.25 bits per heavy atom. The number of nitrogens with one attached hydrogen (secondary N) is 1. The predicted molar refractivity (Wildman–Crippen MR) is 64.5 cm³/mol. The molecule has 7 heteroatoms. The van der Waals surface area contributed by atoms with Gasteiger partial charge in [-0.15, -0.1) is 0 Å². The molecule has 1 saturated heterocycles. The van der Waals surface area contributed by atoms with Gasteiger partial charge >= 0.3 is 6.18 Å². The van der Waals surface area contributed by atoms with Gasteiger partial charge in [0.25, 0.3) is 0 Å². The summed E-state index contributed by atoms with van der Waals surface area (Å²) < 4.78 is 53.1. The predicted octanol–water partition coefficient (Wildman–Crippen LogP) is 2.85. The smallest absolute Gasteiger partial charge is 0.331 e. The van der Waals surface area contributed by atoms with Crippen LogP contribution in [0.2, 0.25) is 0 Å². The van der Waals surface area contributed by atoms with Crippen molar-refractivity contribution in [2.45, 2.75) is 12.2 Å². The van der Waals surface area contributed by atoms with Crippen molar-refractivity contribution in [1.29, 1.82) is 0 Å². The number of rotatable bonds is 2. The lowest BCUT2D eigenvalue weighted by Crippen LogP contribution is -2.42. The SMILES string of the molecule is Fc1ccc(-c2cn(C3CNC3)cn2)cc1C(F)(F)F. The Kier molecular flexibility index (Phi) is 3.01. The van der Waals surface area contributed by atoms with Gasteiger partial charge in [0.2, 0.25) is 0 Å². The van der Waals surface area contributed by atoms with Gasteiger partial charge in [-0.1, -0.05) is 0 Å². The van der Waals surface area contributed by atoms with Crippen molar-refractivity contribution < 1.29 is 17.6 Å². The molecule has 1 N–H and O–H groups in total. The van der Waals surface area contributed by atoms with Crippen LogP contribution in [0.1, 0.15) is 11.6 Å². The van der Waals surface area contributed by atoms with E-state index in [-0.39, 0.29) is 11.6 Å². The van der Waals surface area contributed by atoms with E-state index in [0.29, 0.717) is 5.69 Å². The molecule has 1 aromatic heterocycles. The first-order valence-corrected chi connectivity index (χ1v) is 6.06. The summed E-state index contributed by atoms with van der Waals surface area (Å²) in [6.45, 7) is 1.63. The van der Waals surface area contributed by atoms with Crippen molar-refractivity contribution >= 4 is 0 Å². The van der Waals surface area contributed by atoms with Crippen LogP contribution in [0.4, 0.5) is 17.6 Å². The fourth-order valence-electron chi connectivity index (χ4n) is 2.07. The summed E-state index contributed by atoms with van der Waals surface area (Å²) in [6, 6.07) is 3.19. The maximum absolute atomic E-state index is 13.2. The van der Waals surface area contributed by atoms with Crippen LogP contribution in [0.3, 0.4) is 0 Å². The molecule has 2 aromatic rings. The highest BCUT2D eigenvalue weighted by Crippen LogP contribution is 2.34. The molecule has 106 valence electrons. The molecule has 1 aliphatic heterocycles. The van der Waals surface area contributed by atoms with E-state index in [4.69, 9.17) is 0 Å². The monoisotopic (exact) mass is 285 g/mol. The van der Waals surface area contributed by atoms with Crippen molar-refractivity contribution in [3.8, 4) is 11.3 Å². The normalized spacial score (nSPS) is 16.2. The Morgan fingerprint density at radius 3 is 2.60 bits per heavy atom. The summed E-state index contributed by atoms with van der Waals surface area (Å²) in [7, 11) is 0. The minimum Gasteiger partial charge on any atom is -0.331 e. The second kappa shape index (κ2) is 4.59. The standard InChI is InChI=1S/C13H11F4N3/c14-11-2-1-8(3-10(11)13(15,16)17)12-6-20(7-19-12)9-4-18-5-9/h1-3,6-7,9,18H,4-5H2. The van der Waals surface area contributed by atoms with Gasteiger partial charge in [0.15, 0.2) is 0 Å². The van der Waals surface area contributed by atoms with Gasteiger partial charge in [-0.05, 0) is 18.2 Å². The molecule has 3 rings (SSSR count). The molecule has 0 atom stereocenters. The Hall–Kier alpha value is -1.89. The molecule has 0 amide bonds. The first kappa shape index (κ1) is 13.1. The molecular weight excluding hydrogens is 274 g/mol. The van der Waals surface area contributed by atoms with E-state index in [1.165, 1.54) is 6.07 Å². The van der Waals surface area contributed by atoms with E-state index in [9.17, 15) is 17.6 Å². The lowest BCUT2D eigenvalue weighted by molar-refractivity contribution is -0.139. The van der Waals surface area contributed by atoms with E-state index in [2.05, 4.69) is 10.3 Å². The summed E-state index contributed by atoms with van der Waals surface area (Å²) in [5, 5.41) is 3.10. The first-order chi connectivity index (χ1) is 9.45. The van der Waals surface area contributed by atoms with Gasteiger partial charge in [0, 0.05) is 24.8 Å². The molecular formula is C13H11F4N3. The second-order valence-corrected chi connectivity index (χ2v) is 4.71. The van der Waals surface area contributed by atoms with E-state index >= 15 is 0 Å². The number of aromatic nitrogens is 2. The van der Waals surface area contributed by atoms with Crippen LogP contribution in [-0.2, 0) is 6.18 Å². The summed E-state index contributed by atoms with van der Waals surface area (Å²) >= 11 is 0. The minimum absolute atomic E-state index is 0.254. The maximum atomic E-state index is 13.2. The summed E-state index contributed by atoms with van der Waals surface area (Å²) in [5.74, 6) is -1.27. The zero-order valence-electron chi connectivity index (χ0n) is 10.3. The fourth-order valence-corrected chi connectivity index (χ4v) is 2.07. The van der Waals surface area contributed by atoms with Crippen molar-refractivity contribution in [2.24, 2.45) is 0 Å². The van der Waals surface area contributed by atoms with E-state index in [1.54, 1.807) is 12.5 Å². The van der Waals surface area contributed by atoms with Crippen LogP contribution in [0.15, 0.2) is 30.7 Å². The number of halogens is 4. The fraction of sp³-hybridized carbons (Fsp3) is 0.308. The number of hydrogen-bond donors (Lipinski definition) is 1. The topological polar surface area (TPSA) is 29.9 Å². The highest BCUT2D eigenvalue weighted by molar-refractivity contribution is 5.59. The Bertz CT molecular complexity index is 629. The molecule has 0 bridgehead atoms. The van der Waals surface area contributed by atoms with E-state index < -0.39 is 17.6 Å². The number of benzene rings is 1. The molecule has 2 heterocycles. The van der Waals surface area contributed by atoms with Gasteiger partial charge < -0.3 is 9.88 Å². The molecule has 1 fully saturated rings. The molecule has 1 aromatic carbocycles. The van der Waals surface area contributed by atoms with Crippen LogP contribution >= 0.6 is 0 Å². The highest BCUT2D eigenvalue weighted by atomic mass is 19.4. The van der Waals surface area contributed by atoms with Gasteiger partial charge in [-0.3, -0.25) is 0 Å². The Labute approximate surface area is 112 Å². The van der Waals surface area contributed by atoms with Crippen LogP contribution in [0.5, 0.6) is 0 Å². The van der Waals surface area contributed by atoms with Gasteiger partial charge in [0.05, 0.1) is 23.6 Å². The Morgan fingerprint density at radius 2 is 2.00 bits per heavy atom. The molecule has 0 saturated carbocycles. The van der Waals surface area contributed by atoms with Gasteiger partial charge in [-0.25, -0.2) is 9.37 Å². The third-order valence-electron chi connectivity index (χ3n) is 3.35. The number of imidazole rings is 1. The molecule has 20 heavy (non-hydrogen) atoms. The minimum atomic E-state index is -4.71. The molecule has 0 spiro atoms. The van der Waals surface area contributed by atoms with Crippen molar-refractivity contribution in [3.05, 3.63) is 42.1 Å². The summed E-state index contributed by atoms with van der Waals surface area (Å²) in [5.41, 5.74) is -0.609. The van der Waals surface area contributed by atoms with Crippen molar-refractivity contribution in [2.75, 3.05) is 13.1 Å². The number of hydrogen-bond acceptors (Lipinski definition) is 2. The summed E-state index contributed by atoms with van der Waals surface area (Å²) in [6.07, 6.45) is -1.45. The van der Waals surface area contributed by atoms with Crippen LogP contribution < -0.4 is 5.32 Å². The van der Waals surface area contributed by atoms with E-state index in [1.807, 2.05) is 4.57 Å². The second-order valence-electron chi connectivity index (χ2n) is 4.71. The zero-order chi connectivity index (χ0) is 14.3. The average molecular weight is 285 g/mol. The third-order valence-corrected chi connectivity index (χ3v) is 3.35. The number of nitrogens with zero attached hydrogens (tertiary/aromatic N) is 2. The Balaban J connectivity index is 1.95. The lowest BCUT2D eigenvalue weighted by atomic mass is 10.1. The maximum Gasteiger partial charge on any atom is 0.419 e. The third kappa shape index (κ3) is 2.29. The molecule has 0 aliphatic carbocycles.